The fourth-order valence-electron chi connectivity index (χ4n) is 1.85. The predicted octanol–water partition coefficient (Wildman–Crippen LogP) is 2.96. The normalized spacial score (nSPS) is 10.3. The maximum absolute atomic E-state index is 4.33. The molecule has 0 saturated heterocycles. The van der Waals surface area contributed by atoms with E-state index in [-0.39, 0.29) is 0 Å². The van der Waals surface area contributed by atoms with Crippen molar-refractivity contribution in [1.29, 1.82) is 0 Å². The average Bonchev–Trinajstić information content (AvgIpc) is 2.46. The summed E-state index contributed by atoms with van der Waals surface area (Å²) in [5, 5.41) is 3.04. The molecule has 0 bridgehead atoms. The van der Waals surface area contributed by atoms with E-state index in [9.17, 15) is 0 Å². The van der Waals surface area contributed by atoms with Crippen LogP contribution >= 0.6 is 15.9 Å². The van der Waals surface area contributed by atoms with Crippen molar-refractivity contribution < 1.29 is 0 Å². The van der Waals surface area contributed by atoms with Gasteiger partial charge in [-0.2, -0.15) is 0 Å². The van der Waals surface area contributed by atoms with E-state index in [2.05, 4.69) is 60.4 Å². The minimum Gasteiger partial charge on any atom is -0.372 e. The summed E-state index contributed by atoms with van der Waals surface area (Å²) in [4.78, 5) is 10.6. The zero-order valence-electron chi connectivity index (χ0n) is 11.1. The van der Waals surface area contributed by atoms with Crippen LogP contribution in [0.5, 0.6) is 0 Å². The molecule has 0 aliphatic heterocycles. The van der Waals surface area contributed by atoms with Gasteiger partial charge in [-0.25, -0.2) is 9.97 Å². The largest absolute Gasteiger partial charge is 0.372 e. The number of halogens is 1. The van der Waals surface area contributed by atoms with E-state index in [0.29, 0.717) is 0 Å². The topological polar surface area (TPSA) is 41.1 Å². The molecule has 0 spiro atoms. The molecule has 0 radical (unpaired) electrons. The zero-order chi connectivity index (χ0) is 13.7. The number of hydrogen-bond donors (Lipinski definition) is 1. The predicted molar refractivity (Wildman–Crippen MR) is 82.7 cm³/mol. The molecule has 100 valence electrons. The van der Waals surface area contributed by atoms with E-state index in [1.807, 2.05) is 20.2 Å². The van der Waals surface area contributed by atoms with Gasteiger partial charge in [-0.1, -0.05) is 30.3 Å². The molecule has 0 amide bonds. The van der Waals surface area contributed by atoms with Gasteiger partial charge in [-0.05, 0) is 27.9 Å². The maximum atomic E-state index is 4.33. The van der Waals surface area contributed by atoms with Gasteiger partial charge in [0.05, 0.1) is 0 Å². The van der Waals surface area contributed by atoms with Crippen LogP contribution in [-0.2, 0) is 6.42 Å². The van der Waals surface area contributed by atoms with Crippen molar-refractivity contribution in [3.63, 3.8) is 0 Å². The first-order valence-electron chi connectivity index (χ1n) is 6.15. The van der Waals surface area contributed by atoms with E-state index in [0.717, 1.165) is 29.1 Å². The summed E-state index contributed by atoms with van der Waals surface area (Å²) in [6.07, 6.45) is 2.56. The second-order valence-electron chi connectivity index (χ2n) is 4.27. The van der Waals surface area contributed by atoms with Crippen LogP contribution in [0.1, 0.15) is 5.56 Å². The van der Waals surface area contributed by atoms with Gasteiger partial charge >= 0.3 is 0 Å². The Morgan fingerprint density at radius 1 is 1.21 bits per heavy atom. The first-order valence-corrected chi connectivity index (χ1v) is 6.95. The lowest BCUT2D eigenvalue weighted by Crippen LogP contribution is -2.22. The van der Waals surface area contributed by atoms with Crippen LogP contribution in [0, 0.1) is 0 Å². The van der Waals surface area contributed by atoms with Gasteiger partial charge in [0.1, 0.15) is 22.4 Å². The summed E-state index contributed by atoms with van der Waals surface area (Å²) >= 11 is 3.54. The molecule has 0 aliphatic rings. The van der Waals surface area contributed by atoms with Crippen molar-refractivity contribution >= 4 is 27.6 Å². The third kappa shape index (κ3) is 3.44. The number of rotatable bonds is 5. The van der Waals surface area contributed by atoms with Crippen molar-refractivity contribution in [3.8, 4) is 0 Å². The molecule has 0 aliphatic carbocycles. The standard InChI is InChI=1S/C14H17BrN4/c1-16-13-12(15)14(18-10-17-13)19(2)9-8-11-6-4-3-5-7-11/h3-7,10H,8-9H2,1-2H3,(H,16,17,18). The Kier molecular flexibility index (Phi) is 4.74. The van der Waals surface area contributed by atoms with Crippen LogP contribution in [0.15, 0.2) is 41.1 Å². The number of nitrogens with one attached hydrogen (secondary N) is 1. The van der Waals surface area contributed by atoms with Crippen LogP contribution in [-0.4, -0.2) is 30.6 Å². The molecule has 0 atom stereocenters. The average molecular weight is 321 g/mol. The third-order valence-corrected chi connectivity index (χ3v) is 3.68. The minimum atomic E-state index is 0.802. The molecule has 1 heterocycles. The Bertz CT molecular complexity index is 530. The van der Waals surface area contributed by atoms with E-state index >= 15 is 0 Å². The van der Waals surface area contributed by atoms with Crippen molar-refractivity contribution in [2.24, 2.45) is 0 Å². The van der Waals surface area contributed by atoms with Gasteiger partial charge in [0.25, 0.3) is 0 Å². The molecule has 0 fully saturated rings. The number of anilines is 2. The smallest absolute Gasteiger partial charge is 0.148 e. The molecule has 2 aromatic rings. The Morgan fingerprint density at radius 2 is 1.95 bits per heavy atom. The molecule has 2 rings (SSSR count). The summed E-state index contributed by atoms with van der Waals surface area (Å²) in [7, 11) is 3.89. The molecular formula is C14H17BrN4. The van der Waals surface area contributed by atoms with Crippen molar-refractivity contribution in [2.45, 2.75) is 6.42 Å². The highest BCUT2D eigenvalue weighted by Gasteiger charge is 2.11. The van der Waals surface area contributed by atoms with Crippen LogP contribution in [0.4, 0.5) is 11.6 Å². The highest BCUT2D eigenvalue weighted by Crippen LogP contribution is 2.28. The van der Waals surface area contributed by atoms with Crippen molar-refractivity contribution in [2.75, 3.05) is 30.9 Å². The third-order valence-electron chi connectivity index (χ3n) is 2.95. The van der Waals surface area contributed by atoms with Gasteiger partial charge in [-0.3, -0.25) is 0 Å². The molecular weight excluding hydrogens is 304 g/mol. The van der Waals surface area contributed by atoms with Crippen LogP contribution in [0.25, 0.3) is 0 Å². The van der Waals surface area contributed by atoms with Gasteiger partial charge in [-0.15, -0.1) is 0 Å². The highest BCUT2D eigenvalue weighted by molar-refractivity contribution is 9.10. The lowest BCUT2D eigenvalue weighted by molar-refractivity contribution is 0.853. The molecule has 19 heavy (non-hydrogen) atoms. The zero-order valence-corrected chi connectivity index (χ0v) is 12.7. The Hall–Kier alpha value is -1.62. The fraction of sp³-hybridized carbons (Fsp3) is 0.286. The summed E-state index contributed by atoms with van der Waals surface area (Å²) in [5.41, 5.74) is 1.33. The first kappa shape index (κ1) is 13.8. The summed E-state index contributed by atoms with van der Waals surface area (Å²) in [6.45, 7) is 0.906. The number of benzene rings is 1. The Labute approximate surface area is 122 Å². The van der Waals surface area contributed by atoms with Gasteiger partial charge in [0.2, 0.25) is 0 Å². The SMILES string of the molecule is CNc1ncnc(N(C)CCc2ccccc2)c1Br. The minimum absolute atomic E-state index is 0.802. The van der Waals surface area contributed by atoms with E-state index in [4.69, 9.17) is 0 Å². The highest BCUT2D eigenvalue weighted by atomic mass is 79.9. The second kappa shape index (κ2) is 6.52. The molecule has 1 aromatic heterocycles. The molecule has 0 unspecified atom stereocenters. The maximum Gasteiger partial charge on any atom is 0.148 e. The molecule has 4 nitrogen and oxygen atoms in total. The quantitative estimate of drug-likeness (QED) is 0.919. The lowest BCUT2D eigenvalue weighted by Gasteiger charge is -2.20. The summed E-state index contributed by atoms with van der Waals surface area (Å²) in [5.74, 6) is 1.70. The first-order chi connectivity index (χ1) is 9.22. The number of hydrogen-bond acceptors (Lipinski definition) is 4. The molecule has 5 heteroatoms. The van der Waals surface area contributed by atoms with Crippen molar-refractivity contribution in [1.82, 2.24) is 9.97 Å². The van der Waals surface area contributed by atoms with Crippen LogP contribution in [0.3, 0.4) is 0 Å². The number of aromatic nitrogens is 2. The van der Waals surface area contributed by atoms with Crippen LogP contribution < -0.4 is 10.2 Å². The number of likely N-dealkylation sites (N-methyl/N-ethyl adjacent to an activating group) is 1. The lowest BCUT2D eigenvalue weighted by atomic mass is 10.1. The van der Waals surface area contributed by atoms with Crippen LogP contribution in [0.2, 0.25) is 0 Å². The van der Waals surface area contributed by atoms with Gasteiger partial charge in [0.15, 0.2) is 0 Å². The van der Waals surface area contributed by atoms with E-state index < -0.39 is 0 Å². The summed E-state index contributed by atoms with van der Waals surface area (Å²) in [6, 6.07) is 10.4. The van der Waals surface area contributed by atoms with Gasteiger partial charge < -0.3 is 10.2 Å². The second-order valence-corrected chi connectivity index (χ2v) is 5.06. The Balaban J connectivity index is 2.06. The Morgan fingerprint density at radius 3 is 2.63 bits per heavy atom. The number of nitrogens with zero attached hydrogens (tertiary/aromatic N) is 3. The molecule has 1 aromatic carbocycles. The molecule has 1 N–H and O–H groups in total. The van der Waals surface area contributed by atoms with Gasteiger partial charge in [0, 0.05) is 20.6 Å². The van der Waals surface area contributed by atoms with E-state index in [1.54, 1.807) is 6.33 Å². The van der Waals surface area contributed by atoms with E-state index in [1.165, 1.54) is 5.56 Å². The monoisotopic (exact) mass is 320 g/mol. The van der Waals surface area contributed by atoms with Crippen molar-refractivity contribution in [3.05, 3.63) is 46.7 Å². The fourth-order valence-corrected chi connectivity index (χ4v) is 2.55. The molecule has 0 saturated carbocycles. The summed E-state index contributed by atoms with van der Waals surface area (Å²) < 4.78 is 0.896.